The minimum Gasteiger partial charge on any atom is -0.497 e. The number of benzene rings is 2. The summed E-state index contributed by atoms with van der Waals surface area (Å²) in [6.07, 6.45) is 0.883. The van der Waals surface area contributed by atoms with E-state index in [2.05, 4.69) is 6.92 Å². The molecule has 130 valence electrons. The van der Waals surface area contributed by atoms with Gasteiger partial charge in [-0.25, -0.2) is 0 Å². The van der Waals surface area contributed by atoms with Crippen LogP contribution in [0, 0.1) is 0 Å². The third-order valence-electron chi connectivity index (χ3n) is 3.43. The van der Waals surface area contributed by atoms with Crippen LogP contribution in [0.15, 0.2) is 42.5 Å². The van der Waals surface area contributed by atoms with Gasteiger partial charge in [-0.3, -0.25) is 0 Å². The smallest absolute Gasteiger partial charge is 0.123 e. The summed E-state index contributed by atoms with van der Waals surface area (Å²) in [6, 6.07) is 13.2. The lowest BCUT2D eigenvalue weighted by Gasteiger charge is -2.10. The molecule has 0 atom stereocenters. The van der Waals surface area contributed by atoms with E-state index >= 15 is 0 Å². The minimum absolute atomic E-state index is 0.480. The molecule has 0 bridgehead atoms. The van der Waals surface area contributed by atoms with Crippen molar-refractivity contribution in [3.63, 3.8) is 0 Å². The first-order valence-electron chi connectivity index (χ1n) is 7.98. The van der Waals surface area contributed by atoms with E-state index in [0.717, 1.165) is 34.3 Å². The Kier molecular flexibility index (Phi) is 7.72. The molecule has 0 aliphatic heterocycles. The highest BCUT2D eigenvalue weighted by molar-refractivity contribution is 6.31. The number of rotatable bonds is 10. The molecule has 0 aromatic heterocycles. The molecule has 0 aliphatic rings. The second-order valence-electron chi connectivity index (χ2n) is 5.10. The molecule has 2 rings (SSSR count). The zero-order valence-corrected chi connectivity index (χ0v) is 14.8. The summed E-state index contributed by atoms with van der Waals surface area (Å²) in [7, 11) is 1.63. The maximum absolute atomic E-state index is 6.08. The summed E-state index contributed by atoms with van der Waals surface area (Å²) in [4.78, 5) is 0. The Morgan fingerprint density at radius 3 is 2.17 bits per heavy atom. The first-order chi connectivity index (χ1) is 11.7. The molecule has 0 saturated heterocycles. The van der Waals surface area contributed by atoms with Gasteiger partial charge >= 0.3 is 0 Å². The predicted octanol–water partition coefficient (Wildman–Crippen LogP) is 4.39. The molecule has 0 heterocycles. The number of methoxy groups -OCH3 is 1. The number of halogens is 1. The molecular weight excluding hydrogens is 328 g/mol. The highest BCUT2D eigenvalue weighted by Gasteiger charge is 2.01. The Morgan fingerprint density at radius 1 is 0.833 bits per heavy atom. The fraction of sp³-hybridized carbons (Fsp3) is 0.368. The van der Waals surface area contributed by atoms with Gasteiger partial charge in [0.2, 0.25) is 0 Å². The van der Waals surface area contributed by atoms with Crippen molar-refractivity contribution < 1.29 is 18.9 Å². The van der Waals surface area contributed by atoms with E-state index in [4.69, 9.17) is 30.5 Å². The molecule has 0 radical (unpaired) electrons. The van der Waals surface area contributed by atoms with Crippen LogP contribution in [0.5, 0.6) is 17.2 Å². The number of hydrogen-bond donors (Lipinski definition) is 0. The van der Waals surface area contributed by atoms with Gasteiger partial charge in [0.1, 0.15) is 30.5 Å². The third kappa shape index (κ3) is 5.95. The van der Waals surface area contributed by atoms with Crippen molar-refractivity contribution in [2.75, 3.05) is 33.5 Å². The molecular formula is C19H23ClO4. The topological polar surface area (TPSA) is 36.9 Å². The summed E-state index contributed by atoms with van der Waals surface area (Å²) in [5, 5.41) is 0.774. The predicted molar refractivity (Wildman–Crippen MR) is 95.6 cm³/mol. The first-order valence-corrected chi connectivity index (χ1v) is 8.36. The second-order valence-corrected chi connectivity index (χ2v) is 5.50. The van der Waals surface area contributed by atoms with E-state index in [1.807, 2.05) is 42.5 Å². The summed E-state index contributed by atoms with van der Waals surface area (Å²) < 4.78 is 21.9. The third-order valence-corrected chi connectivity index (χ3v) is 3.80. The highest BCUT2D eigenvalue weighted by Crippen LogP contribution is 2.22. The van der Waals surface area contributed by atoms with Gasteiger partial charge in [0.15, 0.2) is 0 Å². The number of hydrogen-bond acceptors (Lipinski definition) is 4. The second kappa shape index (κ2) is 10.1. The summed E-state index contributed by atoms with van der Waals surface area (Å²) in [6.45, 7) is 4.04. The van der Waals surface area contributed by atoms with Crippen molar-refractivity contribution in [2.24, 2.45) is 0 Å². The molecule has 0 N–H and O–H groups in total. The van der Waals surface area contributed by atoms with Crippen LogP contribution in [-0.2, 0) is 11.2 Å². The molecule has 0 spiro atoms. The van der Waals surface area contributed by atoms with E-state index in [9.17, 15) is 0 Å². The Bertz CT molecular complexity index is 631. The fourth-order valence-corrected chi connectivity index (χ4v) is 2.39. The van der Waals surface area contributed by atoms with Gasteiger partial charge in [0.25, 0.3) is 0 Å². The van der Waals surface area contributed by atoms with Crippen molar-refractivity contribution in [3.05, 3.63) is 53.1 Å². The Labute approximate surface area is 148 Å². The first kappa shape index (κ1) is 18.4. The van der Waals surface area contributed by atoms with Crippen LogP contribution in [0.2, 0.25) is 5.02 Å². The molecule has 2 aromatic carbocycles. The molecule has 24 heavy (non-hydrogen) atoms. The zero-order chi connectivity index (χ0) is 17.2. The van der Waals surface area contributed by atoms with Gasteiger partial charge in [-0.05, 0) is 42.3 Å². The van der Waals surface area contributed by atoms with Crippen molar-refractivity contribution in [1.82, 2.24) is 0 Å². The fourth-order valence-electron chi connectivity index (χ4n) is 2.14. The normalized spacial score (nSPS) is 10.5. The van der Waals surface area contributed by atoms with Crippen LogP contribution >= 0.6 is 11.6 Å². The van der Waals surface area contributed by atoms with E-state index in [1.165, 1.54) is 0 Å². The zero-order valence-electron chi connectivity index (χ0n) is 14.1. The largest absolute Gasteiger partial charge is 0.497 e. The summed E-state index contributed by atoms with van der Waals surface area (Å²) in [5.74, 6) is 2.35. The van der Waals surface area contributed by atoms with Crippen molar-refractivity contribution in [1.29, 1.82) is 0 Å². The van der Waals surface area contributed by atoms with Crippen molar-refractivity contribution in [2.45, 2.75) is 13.3 Å². The van der Waals surface area contributed by atoms with Crippen molar-refractivity contribution >= 4 is 11.6 Å². The minimum atomic E-state index is 0.480. The maximum Gasteiger partial charge on any atom is 0.123 e. The molecule has 2 aromatic rings. The van der Waals surface area contributed by atoms with Gasteiger partial charge in [-0.1, -0.05) is 24.6 Å². The Morgan fingerprint density at radius 2 is 1.50 bits per heavy atom. The van der Waals surface area contributed by atoms with E-state index in [-0.39, 0.29) is 0 Å². The average molecular weight is 351 g/mol. The maximum atomic E-state index is 6.08. The van der Waals surface area contributed by atoms with E-state index in [0.29, 0.717) is 26.4 Å². The van der Waals surface area contributed by atoms with Crippen molar-refractivity contribution in [3.8, 4) is 17.2 Å². The van der Waals surface area contributed by atoms with Gasteiger partial charge < -0.3 is 18.9 Å². The van der Waals surface area contributed by atoms with Crippen LogP contribution in [-0.4, -0.2) is 33.5 Å². The Hall–Kier alpha value is -1.91. The molecule has 5 heteroatoms. The number of ether oxygens (including phenoxy) is 4. The van der Waals surface area contributed by atoms with E-state index in [1.54, 1.807) is 7.11 Å². The molecule has 0 aliphatic carbocycles. The molecule has 0 saturated carbocycles. The SMILES string of the molecule is CCc1cc(OCCOCCOc2cccc(OC)c2)ccc1Cl. The van der Waals surface area contributed by atoms with Gasteiger partial charge in [-0.2, -0.15) is 0 Å². The van der Waals surface area contributed by atoms with Gasteiger partial charge in [0.05, 0.1) is 20.3 Å². The van der Waals surface area contributed by atoms with Crippen LogP contribution in [0.1, 0.15) is 12.5 Å². The quantitative estimate of drug-likeness (QED) is 0.596. The average Bonchev–Trinajstić information content (AvgIpc) is 2.62. The van der Waals surface area contributed by atoms with Gasteiger partial charge in [0, 0.05) is 11.1 Å². The monoisotopic (exact) mass is 350 g/mol. The highest BCUT2D eigenvalue weighted by atomic mass is 35.5. The molecule has 0 unspecified atom stereocenters. The van der Waals surface area contributed by atoms with E-state index < -0.39 is 0 Å². The lowest BCUT2D eigenvalue weighted by Crippen LogP contribution is -2.12. The van der Waals surface area contributed by atoms with Crippen LogP contribution in [0.4, 0.5) is 0 Å². The molecule has 0 amide bonds. The van der Waals surface area contributed by atoms with Gasteiger partial charge in [-0.15, -0.1) is 0 Å². The standard InChI is InChI=1S/C19H23ClO4/c1-3-15-13-18(7-8-19(15)20)24-12-10-22-9-11-23-17-6-4-5-16(14-17)21-2/h4-8,13-14H,3,9-12H2,1-2H3. The lowest BCUT2D eigenvalue weighted by atomic mass is 10.1. The summed E-state index contributed by atoms with van der Waals surface area (Å²) in [5.41, 5.74) is 1.08. The number of aryl methyl sites for hydroxylation is 1. The van der Waals surface area contributed by atoms with Crippen LogP contribution in [0.3, 0.4) is 0 Å². The molecule has 0 fully saturated rings. The van der Waals surface area contributed by atoms with Crippen LogP contribution < -0.4 is 14.2 Å². The molecule has 4 nitrogen and oxygen atoms in total. The van der Waals surface area contributed by atoms with Crippen LogP contribution in [0.25, 0.3) is 0 Å². The lowest BCUT2D eigenvalue weighted by molar-refractivity contribution is 0.0763. The Balaban J connectivity index is 1.60. The summed E-state index contributed by atoms with van der Waals surface area (Å²) >= 11 is 6.08.